The predicted molar refractivity (Wildman–Crippen MR) is 74.5 cm³/mol. The van der Waals surface area contributed by atoms with Crippen molar-refractivity contribution >= 4 is 32.8 Å². The number of halogens is 1. The van der Waals surface area contributed by atoms with E-state index in [0.29, 0.717) is 6.61 Å². The fraction of sp³-hybridized carbons (Fsp3) is 0.286. The minimum Gasteiger partial charge on any atom is -0.466 e. The maximum absolute atomic E-state index is 11.7. The zero-order valence-corrected chi connectivity index (χ0v) is 11.9. The summed E-state index contributed by atoms with van der Waals surface area (Å²) in [5, 5.41) is 1.01. The molecule has 0 bridgehead atoms. The fourth-order valence-electron chi connectivity index (χ4n) is 1.80. The molecule has 0 aliphatic heterocycles. The standard InChI is InChI=1S/C14H14BrNO2/c1-3-18-14(17)9(2)10-4-5-13-11(6-10)7-12(15)8-16-13/h4-9H,3H2,1-2H3/t9-/m1/s1. The van der Waals surface area contributed by atoms with Gasteiger partial charge >= 0.3 is 5.97 Å². The highest BCUT2D eigenvalue weighted by Gasteiger charge is 2.16. The van der Waals surface area contributed by atoms with Crippen molar-refractivity contribution in [1.82, 2.24) is 4.98 Å². The molecule has 0 spiro atoms. The van der Waals surface area contributed by atoms with Gasteiger partial charge in [-0.25, -0.2) is 0 Å². The van der Waals surface area contributed by atoms with Crippen LogP contribution in [0.4, 0.5) is 0 Å². The molecule has 3 nitrogen and oxygen atoms in total. The van der Waals surface area contributed by atoms with E-state index in [9.17, 15) is 4.79 Å². The monoisotopic (exact) mass is 307 g/mol. The van der Waals surface area contributed by atoms with Crippen molar-refractivity contribution in [2.45, 2.75) is 19.8 Å². The summed E-state index contributed by atoms with van der Waals surface area (Å²) in [6.07, 6.45) is 1.76. The maximum atomic E-state index is 11.7. The number of fused-ring (bicyclic) bond motifs is 1. The number of carbonyl (C=O) groups excluding carboxylic acids is 1. The van der Waals surface area contributed by atoms with Crippen LogP contribution in [0, 0.1) is 0 Å². The van der Waals surface area contributed by atoms with E-state index in [-0.39, 0.29) is 11.9 Å². The highest BCUT2D eigenvalue weighted by molar-refractivity contribution is 9.10. The van der Waals surface area contributed by atoms with Crippen LogP contribution in [0.15, 0.2) is 34.9 Å². The summed E-state index contributed by atoms with van der Waals surface area (Å²) >= 11 is 3.39. The smallest absolute Gasteiger partial charge is 0.313 e. The Balaban J connectivity index is 2.37. The normalized spacial score (nSPS) is 12.4. The van der Waals surface area contributed by atoms with Crippen molar-refractivity contribution in [3.63, 3.8) is 0 Å². The van der Waals surface area contributed by atoms with Crippen LogP contribution in [-0.2, 0) is 9.53 Å². The Morgan fingerprint density at radius 3 is 2.94 bits per heavy atom. The van der Waals surface area contributed by atoms with Gasteiger partial charge in [-0.05, 0) is 53.5 Å². The van der Waals surface area contributed by atoms with Crippen LogP contribution < -0.4 is 0 Å². The van der Waals surface area contributed by atoms with Gasteiger partial charge in [0.15, 0.2) is 0 Å². The zero-order valence-electron chi connectivity index (χ0n) is 10.3. The van der Waals surface area contributed by atoms with Gasteiger partial charge in [0.25, 0.3) is 0 Å². The number of benzene rings is 1. The molecule has 0 unspecified atom stereocenters. The fourth-order valence-corrected chi connectivity index (χ4v) is 2.14. The lowest BCUT2D eigenvalue weighted by Crippen LogP contribution is -2.12. The van der Waals surface area contributed by atoms with E-state index in [2.05, 4.69) is 20.9 Å². The number of carbonyl (C=O) groups is 1. The molecule has 94 valence electrons. The minimum absolute atomic E-state index is 0.195. The minimum atomic E-state index is -0.256. The Morgan fingerprint density at radius 2 is 2.22 bits per heavy atom. The Labute approximate surface area is 114 Å². The summed E-state index contributed by atoms with van der Waals surface area (Å²) in [5.74, 6) is -0.451. The van der Waals surface area contributed by atoms with Crippen LogP contribution in [0.1, 0.15) is 25.3 Å². The highest BCUT2D eigenvalue weighted by Crippen LogP contribution is 2.23. The van der Waals surface area contributed by atoms with Crippen LogP contribution in [0.2, 0.25) is 0 Å². The number of hydrogen-bond acceptors (Lipinski definition) is 3. The SMILES string of the molecule is CCOC(=O)[C@H](C)c1ccc2ncc(Br)cc2c1. The number of nitrogens with zero attached hydrogens (tertiary/aromatic N) is 1. The van der Waals surface area contributed by atoms with Crippen molar-refractivity contribution in [2.24, 2.45) is 0 Å². The number of ether oxygens (including phenoxy) is 1. The second-order valence-corrected chi connectivity index (χ2v) is 5.00. The lowest BCUT2D eigenvalue weighted by Gasteiger charge is -2.11. The lowest BCUT2D eigenvalue weighted by molar-refractivity contribution is -0.144. The maximum Gasteiger partial charge on any atom is 0.313 e. The first kappa shape index (κ1) is 13.0. The van der Waals surface area contributed by atoms with E-state index in [0.717, 1.165) is 20.9 Å². The largest absolute Gasteiger partial charge is 0.466 e. The van der Waals surface area contributed by atoms with Crippen molar-refractivity contribution in [2.75, 3.05) is 6.61 Å². The third-order valence-electron chi connectivity index (χ3n) is 2.81. The number of rotatable bonds is 3. The average molecular weight is 308 g/mol. The summed E-state index contributed by atoms with van der Waals surface area (Å²) in [4.78, 5) is 16.0. The Bertz CT molecular complexity index is 583. The summed E-state index contributed by atoms with van der Waals surface area (Å²) in [7, 11) is 0. The third kappa shape index (κ3) is 2.70. The molecule has 1 aromatic heterocycles. The van der Waals surface area contributed by atoms with Crippen LogP contribution in [0.25, 0.3) is 10.9 Å². The number of hydrogen-bond donors (Lipinski definition) is 0. The molecule has 2 aromatic rings. The molecule has 1 heterocycles. The molecule has 0 N–H and O–H groups in total. The van der Waals surface area contributed by atoms with E-state index in [1.807, 2.05) is 38.1 Å². The van der Waals surface area contributed by atoms with Gasteiger partial charge in [-0.1, -0.05) is 6.07 Å². The number of aromatic nitrogens is 1. The van der Waals surface area contributed by atoms with E-state index in [1.165, 1.54) is 0 Å². The van der Waals surface area contributed by atoms with Gasteiger partial charge in [0.2, 0.25) is 0 Å². The molecule has 1 aromatic carbocycles. The van der Waals surface area contributed by atoms with Crippen molar-refractivity contribution < 1.29 is 9.53 Å². The summed E-state index contributed by atoms with van der Waals surface area (Å²) in [6.45, 7) is 4.07. The first-order valence-electron chi connectivity index (χ1n) is 5.83. The third-order valence-corrected chi connectivity index (χ3v) is 3.25. The quantitative estimate of drug-likeness (QED) is 0.812. The Hall–Kier alpha value is -1.42. The highest BCUT2D eigenvalue weighted by atomic mass is 79.9. The van der Waals surface area contributed by atoms with E-state index < -0.39 is 0 Å². The molecular formula is C14H14BrNO2. The molecule has 0 amide bonds. The first-order valence-corrected chi connectivity index (χ1v) is 6.63. The second kappa shape index (κ2) is 5.48. The van der Waals surface area contributed by atoms with Gasteiger partial charge in [0, 0.05) is 16.1 Å². The van der Waals surface area contributed by atoms with Crippen molar-refractivity contribution in [3.8, 4) is 0 Å². The lowest BCUT2D eigenvalue weighted by atomic mass is 9.99. The van der Waals surface area contributed by atoms with E-state index >= 15 is 0 Å². The van der Waals surface area contributed by atoms with Crippen LogP contribution in [0.5, 0.6) is 0 Å². The molecular weight excluding hydrogens is 294 g/mol. The van der Waals surface area contributed by atoms with E-state index in [1.54, 1.807) is 6.20 Å². The molecule has 2 rings (SSSR count). The van der Waals surface area contributed by atoms with Crippen LogP contribution in [0.3, 0.4) is 0 Å². The molecule has 4 heteroatoms. The van der Waals surface area contributed by atoms with Gasteiger partial charge < -0.3 is 4.74 Å². The van der Waals surface area contributed by atoms with Gasteiger partial charge in [-0.2, -0.15) is 0 Å². The van der Waals surface area contributed by atoms with Crippen LogP contribution >= 0.6 is 15.9 Å². The Kier molecular flexibility index (Phi) is 3.97. The summed E-state index contributed by atoms with van der Waals surface area (Å²) in [6, 6.07) is 7.82. The van der Waals surface area contributed by atoms with E-state index in [4.69, 9.17) is 4.74 Å². The predicted octanol–water partition coefficient (Wildman–Crippen LogP) is 3.66. The van der Waals surface area contributed by atoms with Crippen LogP contribution in [-0.4, -0.2) is 17.6 Å². The van der Waals surface area contributed by atoms with Gasteiger partial charge in [-0.3, -0.25) is 9.78 Å². The molecule has 1 atom stereocenters. The Morgan fingerprint density at radius 1 is 1.44 bits per heavy atom. The van der Waals surface area contributed by atoms with Crippen molar-refractivity contribution in [3.05, 3.63) is 40.5 Å². The van der Waals surface area contributed by atoms with Crippen molar-refractivity contribution in [1.29, 1.82) is 0 Å². The molecule has 0 radical (unpaired) electrons. The topological polar surface area (TPSA) is 39.2 Å². The summed E-state index contributed by atoms with van der Waals surface area (Å²) < 4.78 is 5.96. The molecule has 0 fully saturated rings. The average Bonchev–Trinajstić information content (AvgIpc) is 2.37. The zero-order chi connectivity index (χ0) is 13.1. The number of pyridine rings is 1. The summed E-state index contributed by atoms with van der Waals surface area (Å²) in [5.41, 5.74) is 1.86. The van der Waals surface area contributed by atoms with Gasteiger partial charge in [-0.15, -0.1) is 0 Å². The van der Waals surface area contributed by atoms with Gasteiger partial charge in [0.05, 0.1) is 18.0 Å². The number of esters is 1. The molecule has 0 aliphatic carbocycles. The molecule has 0 saturated heterocycles. The first-order chi connectivity index (χ1) is 8.61. The molecule has 0 aliphatic rings. The van der Waals surface area contributed by atoms with Gasteiger partial charge in [0.1, 0.15) is 0 Å². The molecule has 18 heavy (non-hydrogen) atoms. The second-order valence-electron chi connectivity index (χ2n) is 4.08. The molecule has 0 saturated carbocycles.